The first-order valence-corrected chi connectivity index (χ1v) is 3.55. The van der Waals surface area contributed by atoms with Gasteiger partial charge in [0, 0.05) is 13.1 Å². The highest BCUT2D eigenvalue weighted by molar-refractivity contribution is 5.93. The molecule has 2 heteroatoms. The summed E-state index contributed by atoms with van der Waals surface area (Å²) < 4.78 is 0. The van der Waals surface area contributed by atoms with Crippen LogP contribution in [0.1, 0.15) is 28.5 Å². The highest BCUT2D eigenvalue weighted by Gasteiger charge is 2.03. The van der Waals surface area contributed by atoms with Gasteiger partial charge in [0.1, 0.15) is 5.69 Å². The number of Topliss-reactive ketones (excluding diaryl/α,β-unsaturated/α-hetero) is 1. The fraction of sp³-hybridized carbons (Fsp3) is 0.333. The molecule has 1 heterocycles. The van der Waals surface area contributed by atoms with Crippen molar-refractivity contribution in [3.8, 4) is 0 Å². The molecule has 0 N–H and O–H groups in total. The molecule has 0 radical (unpaired) electrons. The average molecular weight is 149 g/mol. The van der Waals surface area contributed by atoms with E-state index in [1.165, 1.54) is 6.92 Å². The van der Waals surface area contributed by atoms with E-state index in [1.54, 1.807) is 6.20 Å². The highest BCUT2D eigenvalue weighted by Crippen LogP contribution is 2.06. The van der Waals surface area contributed by atoms with Crippen molar-refractivity contribution in [2.24, 2.45) is 0 Å². The molecule has 0 aliphatic rings. The summed E-state index contributed by atoms with van der Waals surface area (Å²) in [4.78, 5) is 14.9. The zero-order chi connectivity index (χ0) is 8.43. The Morgan fingerprint density at radius 1 is 1.45 bits per heavy atom. The lowest BCUT2D eigenvalue weighted by Crippen LogP contribution is -1.99. The van der Waals surface area contributed by atoms with E-state index in [0.717, 1.165) is 11.1 Å². The summed E-state index contributed by atoms with van der Waals surface area (Å²) in [6, 6.07) is 1.96. The van der Waals surface area contributed by atoms with Gasteiger partial charge in [0.2, 0.25) is 0 Å². The molecule has 1 aromatic heterocycles. The van der Waals surface area contributed by atoms with E-state index < -0.39 is 0 Å². The Morgan fingerprint density at radius 2 is 2.09 bits per heavy atom. The van der Waals surface area contributed by atoms with Gasteiger partial charge in [0.25, 0.3) is 0 Å². The van der Waals surface area contributed by atoms with Gasteiger partial charge >= 0.3 is 0 Å². The van der Waals surface area contributed by atoms with Crippen LogP contribution < -0.4 is 0 Å². The molecular formula is C9H11NO. The second kappa shape index (κ2) is 2.82. The normalized spacial score (nSPS) is 9.73. The smallest absolute Gasteiger partial charge is 0.178 e. The fourth-order valence-corrected chi connectivity index (χ4v) is 1.08. The van der Waals surface area contributed by atoms with Gasteiger partial charge < -0.3 is 0 Å². The minimum atomic E-state index is 0.0301. The zero-order valence-electron chi connectivity index (χ0n) is 7.01. The van der Waals surface area contributed by atoms with Crippen LogP contribution in [0.25, 0.3) is 0 Å². The molecule has 0 amide bonds. The Balaban J connectivity index is 3.20. The quantitative estimate of drug-likeness (QED) is 0.571. The number of rotatable bonds is 1. The molecule has 58 valence electrons. The van der Waals surface area contributed by atoms with E-state index in [2.05, 4.69) is 4.98 Å². The van der Waals surface area contributed by atoms with Crippen LogP contribution in [0.5, 0.6) is 0 Å². The van der Waals surface area contributed by atoms with E-state index in [1.807, 2.05) is 19.9 Å². The molecule has 0 fully saturated rings. The number of hydrogen-bond donors (Lipinski definition) is 0. The SMILES string of the molecule is CC(=O)c1ncc(C)cc1C. The second-order valence-corrected chi connectivity index (χ2v) is 2.73. The second-order valence-electron chi connectivity index (χ2n) is 2.73. The summed E-state index contributed by atoms with van der Waals surface area (Å²) in [6.45, 7) is 5.39. The van der Waals surface area contributed by atoms with E-state index >= 15 is 0 Å². The van der Waals surface area contributed by atoms with Gasteiger partial charge in [-0.2, -0.15) is 0 Å². The molecule has 0 saturated carbocycles. The first-order valence-electron chi connectivity index (χ1n) is 3.55. The zero-order valence-corrected chi connectivity index (χ0v) is 7.01. The summed E-state index contributed by atoms with van der Waals surface area (Å²) in [5.74, 6) is 0.0301. The van der Waals surface area contributed by atoms with Crippen LogP contribution in [0, 0.1) is 13.8 Å². The van der Waals surface area contributed by atoms with Gasteiger partial charge in [-0.25, -0.2) is 0 Å². The van der Waals surface area contributed by atoms with Crippen molar-refractivity contribution < 1.29 is 4.79 Å². The summed E-state index contributed by atoms with van der Waals surface area (Å²) in [5.41, 5.74) is 2.63. The predicted octanol–water partition coefficient (Wildman–Crippen LogP) is 1.90. The molecule has 0 saturated heterocycles. The maximum absolute atomic E-state index is 10.9. The van der Waals surface area contributed by atoms with Crippen LogP contribution in [0.4, 0.5) is 0 Å². The van der Waals surface area contributed by atoms with Crippen LogP contribution in [0.15, 0.2) is 12.3 Å². The number of nitrogens with zero attached hydrogens (tertiary/aromatic N) is 1. The maximum atomic E-state index is 10.9. The monoisotopic (exact) mass is 149 g/mol. The first-order chi connectivity index (χ1) is 5.11. The van der Waals surface area contributed by atoms with Crippen molar-refractivity contribution in [3.05, 3.63) is 29.1 Å². The number of hydrogen-bond acceptors (Lipinski definition) is 2. The molecule has 0 aliphatic carbocycles. The minimum absolute atomic E-state index is 0.0301. The van der Waals surface area contributed by atoms with Gasteiger partial charge in [0.15, 0.2) is 5.78 Å². The third-order valence-corrected chi connectivity index (χ3v) is 1.55. The molecule has 1 rings (SSSR count). The number of aryl methyl sites for hydroxylation is 2. The number of ketones is 1. The maximum Gasteiger partial charge on any atom is 0.178 e. The van der Waals surface area contributed by atoms with Crippen molar-refractivity contribution in [2.45, 2.75) is 20.8 Å². The van der Waals surface area contributed by atoms with Crippen LogP contribution in [0.2, 0.25) is 0 Å². The Labute approximate surface area is 66.3 Å². The number of carbonyl (C=O) groups is 1. The third kappa shape index (κ3) is 1.64. The van der Waals surface area contributed by atoms with Gasteiger partial charge in [-0.1, -0.05) is 6.07 Å². The van der Waals surface area contributed by atoms with Crippen LogP contribution in [-0.2, 0) is 0 Å². The molecule has 0 aliphatic heterocycles. The van der Waals surface area contributed by atoms with Crippen molar-refractivity contribution in [1.82, 2.24) is 4.98 Å². The van der Waals surface area contributed by atoms with Crippen LogP contribution in [-0.4, -0.2) is 10.8 Å². The Hall–Kier alpha value is -1.18. The summed E-state index contributed by atoms with van der Waals surface area (Å²) >= 11 is 0. The van der Waals surface area contributed by atoms with Crippen molar-refractivity contribution in [1.29, 1.82) is 0 Å². The molecular weight excluding hydrogens is 138 g/mol. The van der Waals surface area contributed by atoms with Gasteiger partial charge in [-0.15, -0.1) is 0 Å². The first kappa shape index (κ1) is 7.92. The predicted molar refractivity (Wildman–Crippen MR) is 43.7 cm³/mol. The van der Waals surface area contributed by atoms with E-state index in [0.29, 0.717) is 5.69 Å². The lowest BCUT2D eigenvalue weighted by molar-refractivity contribution is 0.101. The third-order valence-electron chi connectivity index (χ3n) is 1.55. The number of aromatic nitrogens is 1. The van der Waals surface area contributed by atoms with Gasteiger partial charge in [-0.05, 0) is 25.0 Å². The Bertz CT molecular complexity index is 292. The molecule has 11 heavy (non-hydrogen) atoms. The summed E-state index contributed by atoms with van der Waals surface area (Å²) in [5, 5.41) is 0. The topological polar surface area (TPSA) is 30.0 Å². The molecule has 0 unspecified atom stereocenters. The van der Waals surface area contributed by atoms with E-state index in [4.69, 9.17) is 0 Å². The van der Waals surface area contributed by atoms with Crippen molar-refractivity contribution >= 4 is 5.78 Å². The molecule has 0 spiro atoms. The van der Waals surface area contributed by atoms with Crippen molar-refractivity contribution in [2.75, 3.05) is 0 Å². The van der Waals surface area contributed by atoms with E-state index in [9.17, 15) is 4.79 Å². The standard InChI is InChI=1S/C9H11NO/c1-6-4-7(2)9(8(3)11)10-5-6/h4-5H,1-3H3. The molecule has 0 aromatic carbocycles. The van der Waals surface area contributed by atoms with E-state index in [-0.39, 0.29) is 5.78 Å². The summed E-state index contributed by atoms with van der Waals surface area (Å²) in [7, 11) is 0. The largest absolute Gasteiger partial charge is 0.293 e. The Kier molecular flexibility index (Phi) is 2.03. The van der Waals surface area contributed by atoms with Gasteiger partial charge in [0.05, 0.1) is 0 Å². The molecule has 1 aromatic rings. The minimum Gasteiger partial charge on any atom is -0.293 e. The van der Waals surface area contributed by atoms with Crippen LogP contribution in [0.3, 0.4) is 0 Å². The number of pyridine rings is 1. The molecule has 2 nitrogen and oxygen atoms in total. The fourth-order valence-electron chi connectivity index (χ4n) is 1.08. The van der Waals surface area contributed by atoms with Gasteiger partial charge in [-0.3, -0.25) is 9.78 Å². The molecule has 0 atom stereocenters. The highest BCUT2D eigenvalue weighted by atomic mass is 16.1. The van der Waals surface area contributed by atoms with Crippen molar-refractivity contribution in [3.63, 3.8) is 0 Å². The lowest BCUT2D eigenvalue weighted by atomic mass is 10.1. The average Bonchev–Trinajstić information content (AvgIpc) is 1.85. The summed E-state index contributed by atoms with van der Waals surface area (Å²) in [6.07, 6.45) is 1.71. The lowest BCUT2D eigenvalue weighted by Gasteiger charge is -2.00. The number of carbonyl (C=O) groups excluding carboxylic acids is 1. The van der Waals surface area contributed by atoms with Crippen LogP contribution >= 0.6 is 0 Å². The molecule has 0 bridgehead atoms. The Morgan fingerprint density at radius 3 is 2.55 bits per heavy atom.